The number of aromatic nitrogens is 2. The van der Waals surface area contributed by atoms with Gasteiger partial charge < -0.3 is 9.64 Å². The number of alkyl halides is 2. The Bertz CT molecular complexity index is 926. The summed E-state index contributed by atoms with van der Waals surface area (Å²) in [7, 11) is 1.49. The fourth-order valence-electron chi connectivity index (χ4n) is 2.67. The fourth-order valence-corrected chi connectivity index (χ4v) is 4.93. The second-order valence-corrected chi connectivity index (χ2v) is 8.70. The number of thioether (sulfide) groups is 1. The molecule has 154 valence electrons. The average molecular weight is 440 g/mol. The summed E-state index contributed by atoms with van der Waals surface area (Å²) in [6, 6.07) is 1.35. The van der Waals surface area contributed by atoms with Gasteiger partial charge in [-0.05, 0) is 18.2 Å². The molecule has 2 aromatic heterocycles. The van der Waals surface area contributed by atoms with Crippen molar-refractivity contribution in [3.05, 3.63) is 36.6 Å². The van der Waals surface area contributed by atoms with E-state index in [4.69, 9.17) is 11.2 Å². The molecule has 9 heteroatoms. The number of rotatable bonds is 10. The molecule has 29 heavy (non-hydrogen) atoms. The van der Waals surface area contributed by atoms with E-state index >= 15 is 0 Å². The summed E-state index contributed by atoms with van der Waals surface area (Å²) in [5.41, 5.74) is 1.27. The highest BCUT2D eigenvalue weighted by Crippen LogP contribution is 2.50. The molecule has 1 atom stereocenters. The summed E-state index contributed by atoms with van der Waals surface area (Å²) >= 11 is 2.78. The molecule has 0 aliphatic heterocycles. The molecule has 1 saturated carbocycles. The van der Waals surface area contributed by atoms with Gasteiger partial charge in [0.15, 0.2) is 5.00 Å². The second kappa shape index (κ2) is 9.09. The molecule has 1 aliphatic carbocycles. The lowest BCUT2D eigenvalue weighted by Gasteiger charge is -2.23. The van der Waals surface area contributed by atoms with Gasteiger partial charge in [0.2, 0.25) is 5.88 Å². The molecule has 1 unspecified atom stereocenters. The summed E-state index contributed by atoms with van der Waals surface area (Å²) in [6.07, 6.45) is 8.75. The van der Waals surface area contributed by atoms with Crippen LogP contribution in [0.2, 0.25) is 0 Å². The van der Waals surface area contributed by atoms with E-state index in [0.29, 0.717) is 39.4 Å². The Hall–Kier alpha value is -2.18. The highest BCUT2D eigenvalue weighted by Gasteiger charge is 2.56. The Morgan fingerprint density at radius 1 is 1.52 bits per heavy atom. The first-order chi connectivity index (χ1) is 13.9. The zero-order chi connectivity index (χ0) is 21.0. The molecule has 3 rings (SSSR count). The van der Waals surface area contributed by atoms with E-state index in [1.54, 1.807) is 0 Å². The van der Waals surface area contributed by atoms with Crippen LogP contribution >= 0.6 is 23.1 Å². The quantitative estimate of drug-likeness (QED) is 0.381. The van der Waals surface area contributed by atoms with Gasteiger partial charge in [-0.1, -0.05) is 23.8 Å². The summed E-state index contributed by atoms with van der Waals surface area (Å²) in [4.78, 5) is 10.1. The van der Waals surface area contributed by atoms with Crippen LogP contribution in [0.25, 0.3) is 10.6 Å². The van der Waals surface area contributed by atoms with Crippen molar-refractivity contribution >= 4 is 28.1 Å². The highest BCUT2D eigenvalue weighted by molar-refractivity contribution is 7.99. The fraction of sp³-hybridized carbons (Fsp3) is 0.400. The van der Waals surface area contributed by atoms with Crippen LogP contribution in [0.4, 0.5) is 18.2 Å². The predicted octanol–water partition coefficient (Wildman–Crippen LogP) is 5.08. The van der Waals surface area contributed by atoms with Crippen LogP contribution in [0.1, 0.15) is 12.8 Å². The number of terminal acetylenes is 1. The Labute approximate surface area is 176 Å². The van der Waals surface area contributed by atoms with Gasteiger partial charge in [0.1, 0.15) is 10.8 Å². The Morgan fingerprint density at radius 3 is 2.90 bits per heavy atom. The highest BCUT2D eigenvalue weighted by atomic mass is 32.2. The van der Waals surface area contributed by atoms with Gasteiger partial charge in [-0.25, -0.2) is 13.2 Å². The van der Waals surface area contributed by atoms with Crippen LogP contribution in [-0.2, 0) is 0 Å². The van der Waals surface area contributed by atoms with Crippen molar-refractivity contribution in [1.82, 2.24) is 9.97 Å². The van der Waals surface area contributed by atoms with Crippen LogP contribution in [-0.4, -0.2) is 41.1 Å². The third kappa shape index (κ3) is 5.25. The normalized spacial score (nSPS) is 16.9. The standard InChI is InChI=1S/C20H20F3N3OS2/c1-4-6-26(13(2)5-7-28-12-15-9-20(15,22)23)19-17(27-3)25-18(29-19)14-8-16(21)11-24-10-14/h1,8,10-11,15H,2,5-7,9,12H2,3H3. The molecule has 0 amide bonds. The van der Waals surface area contributed by atoms with E-state index in [2.05, 4.69) is 22.5 Å². The molecular weight excluding hydrogens is 419 g/mol. The summed E-state index contributed by atoms with van der Waals surface area (Å²) in [5, 5.41) is 1.21. The van der Waals surface area contributed by atoms with Crippen LogP contribution in [0, 0.1) is 24.1 Å². The van der Waals surface area contributed by atoms with Crippen molar-refractivity contribution in [3.63, 3.8) is 0 Å². The topological polar surface area (TPSA) is 38.2 Å². The molecule has 0 aromatic carbocycles. The molecule has 0 N–H and O–H groups in total. The van der Waals surface area contributed by atoms with Crippen molar-refractivity contribution in [2.45, 2.75) is 18.8 Å². The maximum absolute atomic E-state index is 13.5. The molecule has 0 spiro atoms. The summed E-state index contributed by atoms with van der Waals surface area (Å²) in [6.45, 7) is 4.36. The van der Waals surface area contributed by atoms with Gasteiger partial charge in [0, 0.05) is 35.5 Å². The molecule has 0 radical (unpaired) electrons. The number of hydrogen-bond acceptors (Lipinski definition) is 6. The Morgan fingerprint density at radius 2 is 2.28 bits per heavy atom. The van der Waals surface area contributed by atoms with Gasteiger partial charge >= 0.3 is 0 Å². The van der Waals surface area contributed by atoms with Crippen molar-refractivity contribution < 1.29 is 17.9 Å². The minimum absolute atomic E-state index is 0.0139. The van der Waals surface area contributed by atoms with E-state index in [-0.39, 0.29) is 13.0 Å². The third-order valence-electron chi connectivity index (χ3n) is 4.41. The van der Waals surface area contributed by atoms with Gasteiger partial charge in [0.05, 0.1) is 19.9 Å². The largest absolute Gasteiger partial charge is 0.479 e. The predicted molar refractivity (Wildman–Crippen MR) is 112 cm³/mol. The van der Waals surface area contributed by atoms with Crippen molar-refractivity contribution in [3.8, 4) is 28.8 Å². The SMILES string of the molecule is C#CCN(C(=C)CCSCC1CC1(F)F)c1sc(-c2cncc(F)c2)nc1OC. The minimum Gasteiger partial charge on any atom is -0.479 e. The number of pyridine rings is 1. The van der Waals surface area contributed by atoms with Crippen molar-refractivity contribution in [2.75, 3.05) is 30.1 Å². The number of nitrogens with zero attached hydrogens (tertiary/aromatic N) is 3. The van der Waals surface area contributed by atoms with E-state index in [1.165, 1.54) is 42.5 Å². The van der Waals surface area contributed by atoms with Gasteiger partial charge in [0.25, 0.3) is 5.92 Å². The molecular formula is C20H20F3N3OS2. The Kier molecular flexibility index (Phi) is 6.75. The van der Waals surface area contributed by atoms with E-state index in [0.717, 1.165) is 11.9 Å². The zero-order valence-electron chi connectivity index (χ0n) is 15.8. The summed E-state index contributed by atoms with van der Waals surface area (Å²) in [5.74, 6) is 0.602. The Balaban J connectivity index is 1.70. The molecule has 2 aromatic rings. The monoisotopic (exact) mass is 439 g/mol. The smallest absolute Gasteiger partial charge is 0.252 e. The third-order valence-corrected chi connectivity index (χ3v) is 6.65. The number of allylic oxidation sites excluding steroid dienone is 1. The van der Waals surface area contributed by atoms with Crippen molar-refractivity contribution in [1.29, 1.82) is 0 Å². The van der Waals surface area contributed by atoms with Crippen LogP contribution in [0.5, 0.6) is 5.88 Å². The maximum Gasteiger partial charge on any atom is 0.252 e. The number of halogens is 3. The number of hydrogen-bond donors (Lipinski definition) is 0. The maximum atomic E-state index is 13.5. The van der Waals surface area contributed by atoms with Crippen LogP contribution in [0.15, 0.2) is 30.7 Å². The van der Waals surface area contributed by atoms with E-state index < -0.39 is 17.7 Å². The lowest BCUT2D eigenvalue weighted by Crippen LogP contribution is -2.22. The molecule has 0 saturated heterocycles. The van der Waals surface area contributed by atoms with Crippen LogP contribution in [0.3, 0.4) is 0 Å². The van der Waals surface area contributed by atoms with E-state index in [1.807, 2.05) is 4.90 Å². The van der Waals surface area contributed by atoms with E-state index in [9.17, 15) is 13.2 Å². The number of ether oxygens (including phenoxy) is 1. The molecule has 1 fully saturated rings. The first kappa shape index (κ1) is 21.5. The zero-order valence-corrected chi connectivity index (χ0v) is 17.5. The second-order valence-electron chi connectivity index (χ2n) is 6.57. The summed E-state index contributed by atoms with van der Waals surface area (Å²) < 4.78 is 44.9. The molecule has 1 aliphatic rings. The average Bonchev–Trinajstić information content (AvgIpc) is 3.11. The minimum atomic E-state index is -2.49. The first-order valence-electron chi connectivity index (χ1n) is 8.85. The van der Waals surface area contributed by atoms with Gasteiger partial charge in [-0.2, -0.15) is 16.7 Å². The van der Waals surface area contributed by atoms with Crippen LogP contribution < -0.4 is 9.64 Å². The molecule has 4 nitrogen and oxygen atoms in total. The van der Waals surface area contributed by atoms with Crippen molar-refractivity contribution in [2.24, 2.45) is 5.92 Å². The lowest BCUT2D eigenvalue weighted by molar-refractivity contribution is 0.103. The molecule has 0 bridgehead atoms. The number of thiazole rings is 1. The van der Waals surface area contributed by atoms with Gasteiger partial charge in [-0.15, -0.1) is 6.42 Å². The lowest BCUT2D eigenvalue weighted by atomic mass is 10.3. The number of methoxy groups -OCH3 is 1. The number of anilines is 1. The molecule has 2 heterocycles. The van der Waals surface area contributed by atoms with Gasteiger partial charge in [-0.3, -0.25) is 4.98 Å². The first-order valence-corrected chi connectivity index (χ1v) is 10.8.